The van der Waals surface area contributed by atoms with E-state index in [0.29, 0.717) is 0 Å². The number of carbonyl (C=O) groups excluding carboxylic acids is 1. The van der Waals surface area contributed by atoms with Gasteiger partial charge in [0.15, 0.2) is 0 Å². The molecule has 0 unspecified atom stereocenters. The van der Waals surface area contributed by atoms with E-state index in [-0.39, 0.29) is 18.1 Å². The van der Waals surface area contributed by atoms with Crippen molar-refractivity contribution in [2.24, 2.45) is 0 Å². The Morgan fingerprint density at radius 2 is 1.88 bits per heavy atom. The average molecular weight is 341 g/mol. The monoisotopic (exact) mass is 341 g/mol. The van der Waals surface area contributed by atoms with Crippen LogP contribution in [0.3, 0.4) is 0 Å². The summed E-state index contributed by atoms with van der Waals surface area (Å²) < 4.78 is 1.86. The van der Waals surface area contributed by atoms with E-state index in [1.165, 1.54) is 0 Å². The van der Waals surface area contributed by atoms with E-state index in [1.54, 1.807) is 0 Å². The molecule has 1 aromatic carbocycles. The number of piperidine rings is 1. The molecule has 1 aliphatic rings. The lowest BCUT2D eigenvalue weighted by molar-refractivity contribution is 0.221. The van der Waals surface area contributed by atoms with Crippen LogP contribution in [0.1, 0.15) is 32.7 Å². The second kappa shape index (κ2) is 7.70. The number of carbonyl (C=O) groups is 1. The summed E-state index contributed by atoms with van der Waals surface area (Å²) in [4.78, 5) is 14.7. The van der Waals surface area contributed by atoms with Gasteiger partial charge in [-0.3, -0.25) is 5.32 Å². The number of aromatic nitrogens is 2. The van der Waals surface area contributed by atoms with Crippen molar-refractivity contribution in [3.8, 4) is 11.3 Å². The molecule has 134 valence electrons. The first kappa shape index (κ1) is 17.5. The molecule has 6 nitrogen and oxygen atoms in total. The zero-order valence-corrected chi connectivity index (χ0v) is 15.2. The maximum atomic E-state index is 12.4. The van der Waals surface area contributed by atoms with E-state index in [2.05, 4.69) is 41.5 Å². The van der Waals surface area contributed by atoms with Crippen molar-refractivity contribution in [3.63, 3.8) is 0 Å². The summed E-state index contributed by atoms with van der Waals surface area (Å²) >= 11 is 0. The van der Waals surface area contributed by atoms with Gasteiger partial charge < -0.3 is 10.2 Å². The molecule has 0 spiro atoms. The third-order valence-electron chi connectivity index (χ3n) is 4.59. The number of amides is 2. The maximum Gasteiger partial charge on any atom is 0.320 e. The van der Waals surface area contributed by atoms with Gasteiger partial charge in [-0.05, 0) is 46.8 Å². The minimum atomic E-state index is -0.157. The first-order valence-corrected chi connectivity index (χ1v) is 8.94. The zero-order chi connectivity index (χ0) is 17.8. The van der Waals surface area contributed by atoms with Crippen molar-refractivity contribution in [1.29, 1.82) is 0 Å². The van der Waals surface area contributed by atoms with Crippen LogP contribution < -0.4 is 10.6 Å². The van der Waals surface area contributed by atoms with Crippen LogP contribution in [0.5, 0.6) is 0 Å². The van der Waals surface area contributed by atoms with Gasteiger partial charge >= 0.3 is 6.03 Å². The Balaban J connectivity index is 1.70. The largest absolute Gasteiger partial charge is 0.335 e. The van der Waals surface area contributed by atoms with Crippen molar-refractivity contribution in [2.75, 3.05) is 25.5 Å². The Kier molecular flexibility index (Phi) is 5.38. The summed E-state index contributed by atoms with van der Waals surface area (Å²) in [5.41, 5.74) is 1.91. The first-order valence-electron chi connectivity index (χ1n) is 8.94. The Morgan fingerprint density at radius 1 is 1.20 bits per heavy atom. The van der Waals surface area contributed by atoms with Crippen LogP contribution in [0.25, 0.3) is 11.3 Å². The Hall–Kier alpha value is -2.34. The lowest BCUT2D eigenvalue weighted by atomic mass is 10.1. The Bertz CT molecular complexity index is 702. The molecular weight excluding hydrogens is 314 g/mol. The SMILES string of the molecule is CC(C)n1nc(-c2ccccc2)cc1NC(=O)NC1CCN(C)CC1. The molecule has 3 rings (SSSR count). The number of anilines is 1. The minimum absolute atomic E-state index is 0.157. The summed E-state index contributed by atoms with van der Waals surface area (Å²) in [6.45, 7) is 6.16. The van der Waals surface area contributed by atoms with Gasteiger partial charge in [-0.1, -0.05) is 30.3 Å². The summed E-state index contributed by atoms with van der Waals surface area (Å²) in [6.07, 6.45) is 1.98. The quantitative estimate of drug-likeness (QED) is 0.896. The van der Waals surface area contributed by atoms with Crippen LogP contribution in [0.2, 0.25) is 0 Å². The molecule has 1 aromatic heterocycles. The summed E-state index contributed by atoms with van der Waals surface area (Å²) in [5.74, 6) is 0.722. The summed E-state index contributed by atoms with van der Waals surface area (Å²) in [6, 6.07) is 12.2. The van der Waals surface area contributed by atoms with Crippen LogP contribution in [-0.4, -0.2) is 46.9 Å². The van der Waals surface area contributed by atoms with Crippen molar-refractivity contribution in [2.45, 2.75) is 38.8 Å². The second-order valence-electron chi connectivity index (χ2n) is 7.00. The predicted molar refractivity (Wildman–Crippen MR) is 101 cm³/mol. The number of benzene rings is 1. The van der Waals surface area contributed by atoms with E-state index in [9.17, 15) is 4.79 Å². The lowest BCUT2D eigenvalue weighted by Crippen LogP contribution is -2.45. The smallest absolute Gasteiger partial charge is 0.320 e. The second-order valence-corrected chi connectivity index (χ2v) is 7.00. The molecule has 2 aromatic rings. The fraction of sp³-hybridized carbons (Fsp3) is 0.474. The van der Waals surface area contributed by atoms with Gasteiger partial charge in [0.1, 0.15) is 5.82 Å². The summed E-state index contributed by atoms with van der Waals surface area (Å²) in [5, 5.41) is 10.7. The van der Waals surface area contributed by atoms with Crippen molar-refractivity contribution in [1.82, 2.24) is 20.0 Å². The molecule has 2 N–H and O–H groups in total. The van der Waals surface area contributed by atoms with Crippen LogP contribution in [0, 0.1) is 0 Å². The molecule has 0 saturated carbocycles. The molecule has 25 heavy (non-hydrogen) atoms. The molecule has 0 atom stereocenters. The van der Waals surface area contributed by atoms with Gasteiger partial charge in [0, 0.05) is 23.7 Å². The highest BCUT2D eigenvalue weighted by atomic mass is 16.2. The molecule has 0 aliphatic carbocycles. The number of rotatable bonds is 4. The maximum absolute atomic E-state index is 12.4. The van der Waals surface area contributed by atoms with Crippen LogP contribution >= 0.6 is 0 Å². The highest BCUT2D eigenvalue weighted by molar-refractivity contribution is 5.89. The van der Waals surface area contributed by atoms with Crippen molar-refractivity contribution < 1.29 is 4.79 Å². The standard InChI is InChI=1S/C19H27N5O/c1-14(2)24-18(13-17(22-24)15-7-5-4-6-8-15)21-19(25)20-16-9-11-23(3)12-10-16/h4-8,13-14,16H,9-12H2,1-3H3,(H2,20,21,25). The number of hydrogen-bond acceptors (Lipinski definition) is 3. The third kappa shape index (κ3) is 4.39. The first-order chi connectivity index (χ1) is 12.0. The molecule has 1 aliphatic heterocycles. The Labute approximate surface area is 149 Å². The van der Waals surface area contributed by atoms with Crippen molar-refractivity contribution in [3.05, 3.63) is 36.4 Å². The third-order valence-corrected chi connectivity index (χ3v) is 4.59. The summed E-state index contributed by atoms with van der Waals surface area (Å²) in [7, 11) is 2.11. The molecule has 0 radical (unpaired) electrons. The van der Waals surface area contributed by atoms with E-state index < -0.39 is 0 Å². The fourth-order valence-corrected chi connectivity index (χ4v) is 3.12. The molecule has 0 bridgehead atoms. The van der Waals surface area contributed by atoms with E-state index in [1.807, 2.05) is 41.1 Å². The topological polar surface area (TPSA) is 62.2 Å². The molecule has 6 heteroatoms. The highest BCUT2D eigenvalue weighted by Gasteiger charge is 2.20. The number of nitrogens with zero attached hydrogens (tertiary/aromatic N) is 3. The molecule has 2 heterocycles. The average Bonchev–Trinajstić information content (AvgIpc) is 3.02. The van der Waals surface area contributed by atoms with Gasteiger partial charge in [0.05, 0.1) is 5.69 Å². The van der Waals surface area contributed by atoms with Gasteiger partial charge in [-0.2, -0.15) is 5.10 Å². The molecule has 1 saturated heterocycles. The minimum Gasteiger partial charge on any atom is -0.335 e. The van der Waals surface area contributed by atoms with Gasteiger partial charge in [-0.25, -0.2) is 9.48 Å². The molecule has 1 fully saturated rings. The lowest BCUT2D eigenvalue weighted by Gasteiger charge is -2.29. The fourth-order valence-electron chi connectivity index (χ4n) is 3.12. The normalized spacial score (nSPS) is 16.2. The van der Waals surface area contributed by atoms with Crippen LogP contribution in [-0.2, 0) is 0 Å². The number of urea groups is 1. The predicted octanol–water partition coefficient (Wildman–Crippen LogP) is 3.35. The Morgan fingerprint density at radius 3 is 2.52 bits per heavy atom. The molecular formula is C19H27N5O. The van der Waals surface area contributed by atoms with Gasteiger partial charge in [0.25, 0.3) is 0 Å². The van der Waals surface area contributed by atoms with Crippen molar-refractivity contribution >= 4 is 11.8 Å². The van der Waals surface area contributed by atoms with E-state index >= 15 is 0 Å². The van der Waals surface area contributed by atoms with Crippen LogP contribution in [0.15, 0.2) is 36.4 Å². The van der Waals surface area contributed by atoms with E-state index in [4.69, 9.17) is 0 Å². The number of likely N-dealkylation sites (tertiary alicyclic amines) is 1. The zero-order valence-electron chi connectivity index (χ0n) is 15.2. The van der Waals surface area contributed by atoms with Gasteiger partial charge in [-0.15, -0.1) is 0 Å². The van der Waals surface area contributed by atoms with Gasteiger partial charge in [0.2, 0.25) is 0 Å². The number of nitrogens with one attached hydrogen (secondary N) is 2. The van der Waals surface area contributed by atoms with Crippen LogP contribution in [0.4, 0.5) is 10.6 Å². The van der Waals surface area contributed by atoms with E-state index in [0.717, 1.165) is 43.0 Å². The highest BCUT2D eigenvalue weighted by Crippen LogP contribution is 2.24. The number of hydrogen-bond donors (Lipinski definition) is 2. The molecule has 2 amide bonds.